The smallest absolute Gasteiger partial charge is 0.240 e. The summed E-state index contributed by atoms with van der Waals surface area (Å²) in [5.74, 6) is -0.690. The molecule has 1 atom stereocenters. The molecule has 1 aromatic heterocycles. The molecule has 202 valence electrons. The van der Waals surface area contributed by atoms with Gasteiger partial charge in [0.2, 0.25) is 11.8 Å². The van der Waals surface area contributed by atoms with E-state index < -0.39 is 11.2 Å². The van der Waals surface area contributed by atoms with Crippen molar-refractivity contribution in [2.45, 2.75) is 31.4 Å². The summed E-state index contributed by atoms with van der Waals surface area (Å²) in [6, 6.07) is 12.1. The number of hydrogen-bond acceptors (Lipinski definition) is 5. The number of carbonyl (C=O) groups is 2. The first-order valence-electron chi connectivity index (χ1n) is 12.4. The number of aromatic nitrogens is 2. The van der Waals surface area contributed by atoms with Crippen molar-refractivity contribution in [2.24, 2.45) is 0 Å². The second-order valence-electron chi connectivity index (χ2n) is 10.6. The molecular weight excluding hydrogens is 508 g/mol. The monoisotopic (exact) mass is 541 g/mol. The lowest BCUT2D eigenvalue weighted by atomic mass is 9.87. The Kier molecular flexibility index (Phi) is 8.22. The van der Waals surface area contributed by atoms with E-state index in [1.807, 2.05) is 39.8 Å². The SMILES string of the molecule is CN(C)CCNC(=O)CN1C(=O)CS[C@H](c2ccc(F)cc2)c2c(C(C)(C)C)nn(-c3ccc(F)cc3)c21. The molecule has 0 saturated heterocycles. The second-order valence-corrected chi connectivity index (χ2v) is 11.7. The highest BCUT2D eigenvalue weighted by Gasteiger charge is 2.39. The Morgan fingerprint density at radius 3 is 2.26 bits per heavy atom. The molecule has 0 spiro atoms. The largest absolute Gasteiger partial charge is 0.353 e. The summed E-state index contributed by atoms with van der Waals surface area (Å²) < 4.78 is 29.3. The first kappa shape index (κ1) is 27.8. The van der Waals surface area contributed by atoms with E-state index in [0.29, 0.717) is 24.6 Å². The quantitative estimate of drug-likeness (QED) is 0.483. The predicted octanol–water partition coefficient (Wildman–Crippen LogP) is 4.30. The second kappa shape index (κ2) is 11.2. The third kappa shape index (κ3) is 6.07. The topological polar surface area (TPSA) is 70.5 Å². The highest BCUT2D eigenvalue weighted by atomic mass is 32.2. The summed E-state index contributed by atoms with van der Waals surface area (Å²) in [6.07, 6.45) is 0. The summed E-state index contributed by atoms with van der Waals surface area (Å²) in [6.45, 7) is 7.01. The molecule has 1 aliphatic heterocycles. The standard InChI is InChI=1S/C28H33F2N5O2S/c1-28(2,3)26-24-25(18-6-8-19(29)9-7-18)38-17-23(37)34(16-22(36)31-14-15-33(4)5)27(24)35(32-26)21-12-10-20(30)11-13-21/h6-13,25H,14-17H2,1-5H3,(H,31,36)/t25-/m1/s1. The van der Waals surface area contributed by atoms with E-state index in [1.165, 1.54) is 40.9 Å². The minimum absolute atomic E-state index is 0.120. The van der Waals surface area contributed by atoms with E-state index in [2.05, 4.69) is 5.32 Å². The van der Waals surface area contributed by atoms with Gasteiger partial charge in [0.1, 0.15) is 24.0 Å². The van der Waals surface area contributed by atoms with E-state index in [1.54, 1.807) is 28.9 Å². The highest BCUT2D eigenvalue weighted by molar-refractivity contribution is 8.00. The minimum Gasteiger partial charge on any atom is -0.353 e. The molecule has 0 bridgehead atoms. The Hall–Kier alpha value is -3.24. The third-order valence-corrected chi connectivity index (χ3v) is 7.48. The van der Waals surface area contributed by atoms with E-state index in [0.717, 1.165) is 16.8 Å². The van der Waals surface area contributed by atoms with Crippen LogP contribution in [-0.2, 0) is 15.0 Å². The van der Waals surface area contributed by atoms with Gasteiger partial charge in [-0.1, -0.05) is 32.9 Å². The van der Waals surface area contributed by atoms with Crippen LogP contribution in [0.15, 0.2) is 48.5 Å². The number of nitrogens with one attached hydrogen (secondary N) is 1. The lowest BCUT2D eigenvalue weighted by Crippen LogP contribution is -2.43. The minimum atomic E-state index is -0.429. The van der Waals surface area contributed by atoms with Gasteiger partial charge in [-0.15, -0.1) is 11.8 Å². The van der Waals surface area contributed by atoms with Gasteiger partial charge in [-0.25, -0.2) is 13.5 Å². The van der Waals surface area contributed by atoms with Crippen LogP contribution in [0.4, 0.5) is 14.6 Å². The number of rotatable bonds is 7. The number of nitrogens with zero attached hydrogens (tertiary/aromatic N) is 4. The lowest BCUT2D eigenvalue weighted by Gasteiger charge is -2.24. The maximum absolute atomic E-state index is 13.8. The van der Waals surface area contributed by atoms with Crippen molar-refractivity contribution in [1.29, 1.82) is 0 Å². The summed E-state index contributed by atoms with van der Waals surface area (Å²) in [7, 11) is 3.83. The van der Waals surface area contributed by atoms with Gasteiger partial charge in [-0.05, 0) is 56.1 Å². The van der Waals surface area contributed by atoms with Gasteiger partial charge >= 0.3 is 0 Å². The molecule has 2 amide bonds. The Balaban J connectivity index is 1.91. The number of likely N-dealkylation sites (N-methyl/N-ethyl adjacent to an activating group) is 1. The Morgan fingerprint density at radius 2 is 1.68 bits per heavy atom. The van der Waals surface area contributed by atoms with Crippen molar-refractivity contribution in [3.63, 3.8) is 0 Å². The number of carbonyl (C=O) groups excluding carboxylic acids is 2. The predicted molar refractivity (Wildman–Crippen MR) is 147 cm³/mol. The molecule has 0 aliphatic carbocycles. The lowest BCUT2D eigenvalue weighted by molar-refractivity contribution is -0.122. The zero-order chi connectivity index (χ0) is 27.6. The van der Waals surface area contributed by atoms with Gasteiger partial charge < -0.3 is 10.2 Å². The number of fused-ring (bicyclic) bond motifs is 1. The molecule has 38 heavy (non-hydrogen) atoms. The number of halogens is 2. The fourth-order valence-corrected chi connectivity index (χ4v) is 5.55. The summed E-state index contributed by atoms with van der Waals surface area (Å²) >= 11 is 1.42. The van der Waals surface area contributed by atoms with Gasteiger partial charge in [0.25, 0.3) is 0 Å². The van der Waals surface area contributed by atoms with Crippen LogP contribution >= 0.6 is 11.8 Å². The molecule has 2 aromatic carbocycles. The van der Waals surface area contributed by atoms with E-state index in [-0.39, 0.29) is 35.2 Å². The number of anilines is 1. The van der Waals surface area contributed by atoms with Crippen molar-refractivity contribution < 1.29 is 18.4 Å². The molecule has 7 nitrogen and oxygen atoms in total. The van der Waals surface area contributed by atoms with Crippen molar-refractivity contribution in [3.05, 3.63) is 77.0 Å². The van der Waals surface area contributed by atoms with Gasteiger partial charge in [0, 0.05) is 24.1 Å². The van der Waals surface area contributed by atoms with Crippen LogP contribution in [0, 0.1) is 11.6 Å². The summed E-state index contributed by atoms with van der Waals surface area (Å²) in [5.41, 5.74) is 2.48. The Labute approximate surface area is 226 Å². The normalized spacial score (nSPS) is 15.9. The average molecular weight is 542 g/mol. The molecule has 0 fully saturated rings. The number of hydrogen-bond donors (Lipinski definition) is 1. The summed E-state index contributed by atoms with van der Waals surface area (Å²) in [5, 5.41) is 7.50. The van der Waals surface area contributed by atoms with Crippen LogP contribution in [0.1, 0.15) is 42.8 Å². The van der Waals surface area contributed by atoms with Crippen molar-refractivity contribution in [3.8, 4) is 5.69 Å². The van der Waals surface area contributed by atoms with Crippen LogP contribution in [-0.4, -0.2) is 66.0 Å². The molecule has 3 aromatic rings. The fraction of sp³-hybridized carbons (Fsp3) is 0.393. The molecule has 0 saturated carbocycles. The van der Waals surface area contributed by atoms with Crippen LogP contribution in [0.2, 0.25) is 0 Å². The molecule has 0 radical (unpaired) electrons. The summed E-state index contributed by atoms with van der Waals surface area (Å²) in [4.78, 5) is 30.0. The average Bonchev–Trinajstić information content (AvgIpc) is 3.18. The van der Waals surface area contributed by atoms with Crippen LogP contribution < -0.4 is 10.2 Å². The number of benzene rings is 2. The maximum atomic E-state index is 13.8. The molecule has 1 aliphatic rings. The fourth-order valence-electron chi connectivity index (χ4n) is 4.35. The Morgan fingerprint density at radius 1 is 1.08 bits per heavy atom. The maximum Gasteiger partial charge on any atom is 0.240 e. The van der Waals surface area contributed by atoms with E-state index in [9.17, 15) is 18.4 Å². The van der Waals surface area contributed by atoms with Crippen LogP contribution in [0.25, 0.3) is 5.69 Å². The molecular formula is C28H33F2N5O2S. The molecule has 4 rings (SSSR count). The highest BCUT2D eigenvalue weighted by Crippen LogP contribution is 2.48. The zero-order valence-electron chi connectivity index (χ0n) is 22.3. The van der Waals surface area contributed by atoms with Crippen molar-refractivity contribution in [1.82, 2.24) is 20.0 Å². The van der Waals surface area contributed by atoms with Gasteiger partial charge in [0.15, 0.2) is 0 Å². The molecule has 1 N–H and O–H groups in total. The van der Waals surface area contributed by atoms with Gasteiger partial charge in [-0.2, -0.15) is 5.10 Å². The first-order chi connectivity index (χ1) is 18.0. The molecule has 0 unspecified atom stereocenters. The van der Waals surface area contributed by atoms with Crippen molar-refractivity contribution >= 4 is 29.4 Å². The molecule has 2 heterocycles. The van der Waals surface area contributed by atoms with E-state index >= 15 is 0 Å². The van der Waals surface area contributed by atoms with E-state index in [4.69, 9.17) is 5.10 Å². The van der Waals surface area contributed by atoms with Gasteiger partial charge in [0.05, 0.1) is 22.4 Å². The van der Waals surface area contributed by atoms with Crippen LogP contribution in [0.3, 0.4) is 0 Å². The first-order valence-corrected chi connectivity index (χ1v) is 13.5. The molecule has 10 heteroatoms. The van der Waals surface area contributed by atoms with Gasteiger partial charge in [-0.3, -0.25) is 14.5 Å². The van der Waals surface area contributed by atoms with Crippen LogP contribution in [0.5, 0.6) is 0 Å². The third-order valence-electron chi connectivity index (χ3n) is 6.23. The zero-order valence-corrected chi connectivity index (χ0v) is 23.1. The number of amides is 2. The number of thioether (sulfide) groups is 1. The Bertz CT molecular complexity index is 1300. The van der Waals surface area contributed by atoms with Crippen molar-refractivity contribution in [2.75, 3.05) is 44.4 Å².